The van der Waals surface area contributed by atoms with Crippen LogP contribution in [0.25, 0.3) is 0 Å². The summed E-state index contributed by atoms with van der Waals surface area (Å²) < 4.78 is 28.8. The molecule has 0 aliphatic carbocycles. The number of unbranched alkanes of at least 4 members (excludes halogenated alkanes) is 1. The second-order valence-corrected chi connectivity index (χ2v) is 9.97. The first-order valence-electron chi connectivity index (χ1n) is 8.90. The molecule has 0 bridgehead atoms. The van der Waals surface area contributed by atoms with Gasteiger partial charge in [0, 0.05) is 21.2 Å². The number of nitrogens with one attached hydrogen (secondary N) is 1. The third-order valence-electron chi connectivity index (χ3n) is 3.80. The van der Waals surface area contributed by atoms with Crippen LogP contribution in [0.5, 0.6) is 0 Å². The summed E-state index contributed by atoms with van der Waals surface area (Å²) in [5, 5.41) is 4.79. The summed E-state index contributed by atoms with van der Waals surface area (Å²) >= 11 is 7.28. The lowest BCUT2D eigenvalue weighted by Crippen LogP contribution is -2.21. The fraction of sp³-hybridized carbons (Fsp3) is 0.368. The molecular weight excluding hydrogens is 420 g/mol. The Morgan fingerprint density at radius 3 is 2.54 bits per heavy atom. The number of amides is 1. The average molecular weight is 443 g/mol. The number of halogens is 1. The van der Waals surface area contributed by atoms with Gasteiger partial charge in [-0.3, -0.25) is 0 Å². The number of hydrogen-bond acceptors (Lipinski definition) is 6. The summed E-state index contributed by atoms with van der Waals surface area (Å²) in [5.41, 5.74) is 3.65. The Labute approximate surface area is 174 Å². The van der Waals surface area contributed by atoms with Crippen molar-refractivity contribution in [1.29, 1.82) is 0 Å². The fourth-order valence-corrected chi connectivity index (χ4v) is 4.66. The zero-order chi connectivity index (χ0) is 20.6. The molecule has 0 saturated heterocycles. The van der Waals surface area contributed by atoms with E-state index in [2.05, 4.69) is 10.5 Å². The maximum Gasteiger partial charge on any atom is 0.427 e. The van der Waals surface area contributed by atoms with Crippen LogP contribution < -0.4 is 5.43 Å². The molecular formula is C19H23ClN2O4S2. The van der Waals surface area contributed by atoms with Crippen molar-refractivity contribution < 1.29 is 17.9 Å². The van der Waals surface area contributed by atoms with Crippen molar-refractivity contribution in [3.05, 3.63) is 56.7 Å². The van der Waals surface area contributed by atoms with E-state index in [4.69, 9.17) is 16.3 Å². The highest BCUT2D eigenvalue weighted by Gasteiger charge is 2.15. The van der Waals surface area contributed by atoms with Crippen molar-refractivity contribution in [3.63, 3.8) is 0 Å². The van der Waals surface area contributed by atoms with E-state index in [1.54, 1.807) is 43.3 Å². The van der Waals surface area contributed by atoms with Gasteiger partial charge in [-0.15, -0.1) is 11.3 Å². The van der Waals surface area contributed by atoms with Gasteiger partial charge in [0.25, 0.3) is 0 Å². The minimum Gasteiger partial charge on any atom is -0.448 e. The molecule has 0 atom stereocenters. The normalized spacial score (nSPS) is 12.0. The first-order valence-corrected chi connectivity index (χ1v) is 11.9. The number of carbonyl (C=O) groups excluding carboxylic acids is 1. The molecule has 0 aliphatic heterocycles. The van der Waals surface area contributed by atoms with E-state index in [0.29, 0.717) is 22.2 Å². The molecule has 1 amide bonds. The largest absolute Gasteiger partial charge is 0.448 e. The van der Waals surface area contributed by atoms with Crippen LogP contribution in [0.2, 0.25) is 5.02 Å². The molecule has 152 valence electrons. The molecule has 1 N–H and O–H groups in total. The van der Waals surface area contributed by atoms with E-state index in [9.17, 15) is 13.2 Å². The molecule has 2 rings (SSSR count). The van der Waals surface area contributed by atoms with Gasteiger partial charge in [0.15, 0.2) is 9.84 Å². The highest BCUT2D eigenvalue weighted by Crippen LogP contribution is 2.23. The maximum atomic E-state index is 11.9. The number of carbonyl (C=O) groups is 1. The molecule has 28 heavy (non-hydrogen) atoms. The second kappa shape index (κ2) is 10.6. The topological polar surface area (TPSA) is 84.8 Å². The molecule has 2 aromatic rings. The van der Waals surface area contributed by atoms with Crippen molar-refractivity contribution in [3.8, 4) is 0 Å². The number of ether oxygens (including phenoxy) is 1. The van der Waals surface area contributed by atoms with Crippen molar-refractivity contribution in [2.24, 2.45) is 5.10 Å². The summed E-state index contributed by atoms with van der Waals surface area (Å²) in [6, 6.07) is 10.6. The predicted molar refractivity (Wildman–Crippen MR) is 114 cm³/mol. The Morgan fingerprint density at radius 2 is 1.89 bits per heavy atom. The Balaban J connectivity index is 2.26. The number of rotatable bonds is 9. The number of hydrazone groups is 1. The van der Waals surface area contributed by atoms with Crippen LogP contribution in [0.4, 0.5) is 4.79 Å². The first kappa shape index (κ1) is 22.4. The van der Waals surface area contributed by atoms with Crippen molar-refractivity contribution >= 4 is 44.6 Å². The van der Waals surface area contributed by atoms with Gasteiger partial charge in [-0.2, -0.15) is 5.10 Å². The average Bonchev–Trinajstić information content (AvgIpc) is 3.11. The van der Waals surface area contributed by atoms with Crippen LogP contribution >= 0.6 is 22.9 Å². The molecule has 1 heterocycles. The van der Waals surface area contributed by atoms with E-state index >= 15 is 0 Å². The third kappa shape index (κ3) is 6.92. The predicted octanol–water partition coefficient (Wildman–Crippen LogP) is 4.61. The van der Waals surface area contributed by atoms with Crippen LogP contribution in [-0.2, 0) is 20.3 Å². The third-order valence-corrected chi connectivity index (χ3v) is 6.96. The minimum atomic E-state index is -3.13. The standard InChI is InChI=1S/C19H23ClN2O4S2/c1-3-5-12-26-19(23)22-21-18(14-6-8-15(20)9-7-14)17-11-10-16(27-17)13-28(24,25)4-2/h6-11H,3-5,12-13H2,1-2H3,(H,22,23). The molecule has 0 unspecified atom stereocenters. The summed E-state index contributed by atoms with van der Waals surface area (Å²) in [7, 11) is -3.13. The Morgan fingerprint density at radius 1 is 1.18 bits per heavy atom. The molecule has 0 spiro atoms. The molecule has 0 radical (unpaired) electrons. The Hall–Kier alpha value is -1.90. The molecule has 0 saturated carbocycles. The number of benzene rings is 1. The van der Waals surface area contributed by atoms with Gasteiger partial charge in [0.05, 0.1) is 17.2 Å². The van der Waals surface area contributed by atoms with Crippen molar-refractivity contribution in [1.82, 2.24) is 5.43 Å². The molecule has 0 fully saturated rings. The number of hydrogen-bond donors (Lipinski definition) is 1. The molecule has 1 aromatic carbocycles. The summed E-state index contributed by atoms with van der Waals surface area (Å²) in [6.07, 6.45) is 1.07. The van der Waals surface area contributed by atoms with Crippen LogP contribution in [0.1, 0.15) is 42.0 Å². The van der Waals surface area contributed by atoms with E-state index in [1.807, 2.05) is 6.92 Å². The number of nitrogens with zero attached hydrogens (tertiary/aromatic N) is 1. The summed E-state index contributed by atoms with van der Waals surface area (Å²) in [5.74, 6) is 0.0675. The monoisotopic (exact) mass is 442 g/mol. The first-order chi connectivity index (χ1) is 13.3. The quantitative estimate of drug-likeness (QED) is 0.349. The molecule has 0 aliphatic rings. The Bertz CT molecular complexity index is 922. The number of thiophene rings is 1. The fourth-order valence-electron chi connectivity index (χ4n) is 2.21. The van der Waals surface area contributed by atoms with Crippen LogP contribution in [0.3, 0.4) is 0 Å². The van der Waals surface area contributed by atoms with Crippen molar-refractivity contribution in [2.45, 2.75) is 32.4 Å². The van der Waals surface area contributed by atoms with Crippen LogP contribution in [0.15, 0.2) is 41.5 Å². The molecule has 6 nitrogen and oxygen atoms in total. The Kier molecular flexibility index (Phi) is 8.47. The van der Waals surface area contributed by atoms with Crippen LogP contribution in [0, 0.1) is 0 Å². The van der Waals surface area contributed by atoms with Gasteiger partial charge in [-0.25, -0.2) is 18.6 Å². The van der Waals surface area contributed by atoms with Gasteiger partial charge >= 0.3 is 6.09 Å². The number of sulfone groups is 1. The van der Waals surface area contributed by atoms with Gasteiger partial charge < -0.3 is 4.74 Å². The molecule has 9 heteroatoms. The highest BCUT2D eigenvalue weighted by molar-refractivity contribution is 7.90. The minimum absolute atomic E-state index is 0.0193. The summed E-state index contributed by atoms with van der Waals surface area (Å²) in [6.45, 7) is 3.95. The maximum absolute atomic E-state index is 11.9. The van der Waals surface area contributed by atoms with E-state index in [-0.39, 0.29) is 11.5 Å². The second-order valence-electron chi connectivity index (χ2n) is 6.01. The molecule has 1 aromatic heterocycles. The zero-order valence-electron chi connectivity index (χ0n) is 15.8. The lowest BCUT2D eigenvalue weighted by Gasteiger charge is -2.07. The van der Waals surface area contributed by atoms with E-state index in [1.165, 1.54) is 11.3 Å². The van der Waals surface area contributed by atoms with E-state index < -0.39 is 15.9 Å². The zero-order valence-corrected chi connectivity index (χ0v) is 18.2. The van der Waals surface area contributed by atoms with Crippen molar-refractivity contribution in [2.75, 3.05) is 12.4 Å². The van der Waals surface area contributed by atoms with E-state index in [0.717, 1.165) is 23.3 Å². The summed E-state index contributed by atoms with van der Waals surface area (Å²) in [4.78, 5) is 13.3. The smallest absolute Gasteiger partial charge is 0.427 e. The van der Waals surface area contributed by atoms with Crippen LogP contribution in [-0.4, -0.2) is 32.6 Å². The van der Waals surface area contributed by atoms with Gasteiger partial charge in [0.2, 0.25) is 0 Å². The SMILES string of the molecule is CCCCOC(=O)NN=C(c1ccc(Cl)cc1)c1ccc(CS(=O)(=O)CC)s1. The van der Waals surface area contributed by atoms with Gasteiger partial charge in [0.1, 0.15) is 5.71 Å². The lowest BCUT2D eigenvalue weighted by molar-refractivity contribution is 0.145. The van der Waals surface area contributed by atoms with Gasteiger partial charge in [-0.1, -0.05) is 44.0 Å². The van der Waals surface area contributed by atoms with Gasteiger partial charge in [-0.05, 0) is 30.7 Å². The lowest BCUT2D eigenvalue weighted by atomic mass is 10.1. The highest BCUT2D eigenvalue weighted by atomic mass is 35.5.